The monoisotopic (exact) mass is 329 g/mol. The van der Waals surface area contributed by atoms with E-state index in [1.807, 2.05) is 6.92 Å². The van der Waals surface area contributed by atoms with Crippen LogP contribution < -0.4 is 10.6 Å². The van der Waals surface area contributed by atoms with Crippen molar-refractivity contribution in [3.05, 3.63) is 32.3 Å². The molecule has 0 unspecified atom stereocenters. The molecule has 1 aromatic rings. The van der Waals surface area contributed by atoms with Gasteiger partial charge in [0.15, 0.2) is 0 Å². The molecule has 0 atom stereocenters. The summed E-state index contributed by atoms with van der Waals surface area (Å²) in [6.45, 7) is 4.63. The molecule has 6 nitrogen and oxygen atoms in total. The minimum atomic E-state index is -0.418. The highest BCUT2D eigenvalue weighted by Gasteiger charge is 2.14. The topological polar surface area (TPSA) is 84.3 Å². The van der Waals surface area contributed by atoms with Gasteiger partial charge in [-0.25, -0.2) is 0 Å². The van der Waals surface area contributed by atoms with Crippen LogP contribution in [-0.2, 0) is 4.79 Å². The molecule has 1 rings (SSSR count). The minimum Gasteiger partial charge on any atom is -0.384 e. The number of anilines is 1. The summed E-state index contributed by atoms with van der Waals surface area (Å²) in [6.07, 6.45) is 0.357. The van der Waals surface area contributed by atoms with Crippen LogP contribution in [0.25, 0.3) is 0 Å². The summed E-state index contributed by atoms with van der Waals surface area (Å²) >= 11 is 3.28. The molecule has 1 aromatic carbocycles. The van der Waals surface area contributed by atoms with Gasteiger partial charge in [-0.3, -0.25) is 14.9 Å². The van der Waals surface area contributed by atoms with E-state index in [0.717, 1.165) is 5.69 Å². The Morgan fingerprint density at radius 2 is 2.16 bits per heavy atom. The third-order valence-corrected chi connectivity index (χ3v) is 3.18. The largest absolute Gasteiger partial charge is 0.384 e. The van der Waals surface area contributed by atoms with Gasteiger partial charge >= 0.3 is 0 Å². The van der Waals surface area contributed by atoms with Gasteiger partial charge in [0.2, 0.25) is 5.91 Å². The second-order valence-electron chi connectivity index (χ2n) is 4.01. The van der Waals surface area contributed by atoms with Gasteiger partial charge in [0.25, 0.3) is 5.69 Å². The van der Waals surface area contributed by atoms with Gasteiger partial charge in [0, 0.05) is 41.3 Å². The average molecular weight is 330 g/mol. The molecule has 19 heavy (non-hydrogen) atoms. The van der Waals surface area contributed by atoms with E-state index >= 15 is 0 Å². The van der Waals surface area contributed by atoms with Gasteiger partial charge < -0.3 is 10.6 Å². The quantitative estimate of drug-likeness (QED) is 0.620. The van der Waals surface area contributed by atoms with Crippen LogP contribution in [0.3, 0.4) is 0 Å². The van der Waals surface area contributed by atoms with Crippen LogP contribution in [0.5, 0.6) is 0 Å². The van der Waals surface area contributed by atoms with Gasteiger partial charge in [-0.15, -0.1) is 0 Å². The van der Waals surface area contributed by atoms with Crippen molar-refractivity contribution < 1.29 is 9.72 Å². The third-order valence-electron chi connectivity index (χ3n) is 2.52. The summed E-state index contributed by atoms with van der Waals surface area (Å²) in [4.78, 5) is 21.6. The second kappa shape index (κ2) is 7.08. The summed E-state index contributed by atoms with van der Waals surface area (Å²) in [6, 6.07) is 3.16. The molecule has 0 fully saturated rings. The van der Waals surface area contributed by atoms with E-state index in [9.17, 15) is 14.9 Å². The highest BCUT2D eigenvalue weighted by Crippen LogP contribution is 2.30. The SMILES string of the molecule is CCNC(=O)CCNc1cc(C)c([N+](=O)[O-])cc1Br. The third kappa shape index (κ3) is 4.51. The summed E-state index contributed by atoms with van der Waals surface area (Å²) in [7, 11) is 0. The summed E-state index contributed by atoms with van der Waals surface area (Å²) in [5.41, 5.74) is 1.39. The van der Waals surface area contributed by atoms with E-state index in [1.54, 1.807) is 13.0 Å². The predicted octanol–water partition coefficient (Wildman–Crippen LogP) is 2.60. The molecule has 0 aliphatic heterocycles. The normalized spacial score (nSPS) is 10.1. The lowest BCUT2D eigenvalue weighted by molar-refractivity contribution is -0.385. The number of aryl methyl sites for hydroxylation is 1. The van der Waals surface area contributed by atoms with Crippen molar-refractivity contribution in [2.24, 2.45) is 0 Å². The fourth-order valence-corrected chi connectivity index (χ4v) is 2.07. The van der Waals surface area contributed by atoms with Crippen molar-refractivity contribution in [3.8, 4) is 0 Å². The molecular formula is C12H16BrN3O3. The maximum Gasteiger partial charge on any atom is 0.273 e. The zero-order valence-electron chi connectivity index (χ0n) is 10.8. The van der Waals surface area contributed by atoms with Crippen molar-refractivity contribution in [1.29, 1.82) is 0 Å². The van der Waals surface area contributed by atoms with Crippen molar-refractivity contribution in [2.75, 3.05) is 18.4 Å². The molecule has 0 spiro atoms. The summed E-state index contributed by atoms with van der Waals surface area (Å²) < 4.78 is 0.612. The Hall–Kier alpha value is -1.63. The molecule has 0 aliphatic carbocycles. The van der Waals surface area contributed by atoms with E-state index in [4.69, 9.17) is 0 Å². The van der Waals surface area contributed by atoms with Crippen molar-refractivity contribution in [2.45, 2.75) is 20.3 Å². The number of nitro groups is 1. The Morgan fingerprint density at radius 1 is 1.47 bits per heavy atom. The Balaban J connectivity index is 2.67. The van der Waals surface area contributed by atoms with Crippen LogP contribution in [0.4, 0.5) is 11.4 Å². The number of nitro benzene ring substituents is 1. The van der Waals surface area contributed by atoms with Crippen molar-refractivity contribution in [3.63, 3.8) is 0 Å². The average Bonchev–Trinajstić information content (AvgIpc) is 2.33. The van der Waals surface area contributed by atoms with Crippen LogP contribution >= 0.6 is 15.9 Å². The standard InChI is InChI=1S/C12H16BrN3O3/c1-3-14-12(17)4-5-15-10-6-8(2)11(16(18)19)7-9(10)13/h6-7,15H,3-5H2,1-2H3,(H,14,17). The zero-order chi connectivity index (χ0) is 14.4. The van der Waals surface area contributed by atoms with Crippen LogP contribution in [0, 0.1) is 17.0 Å². The Morgan fingerprint density at radius 3 is 2.74 bits per heavy atom. The first-order valence-electron chi connectivity index (χ1n) is 5.90. The van der Waals surface area contributed by atoms with Crippen LogP contribution in [-0.4, -0.2) is 23.9 Å². The van der Waals surface area contributed by atoms with Crippen LogP contribution in [0.1, 0.15) is 18.9 Å². The lowest BCUT2D eigenvalue weighted by Gasteiger charge is -2.09. The molecule has 0 saturated heterocycles. The zero-order valence-corrected chi connectivity index (χ0v) is 12.4. The lowest BCUT2D eigenvalue weighted by atomic mass is 10.2. The van der Waals surface area contributed by atoms with E-state index in [-0.39, 0.29) is 11.6 Å². The Kier molecular flexibility index (Phi) is 5.75. The number of rotatable bonds is 6. The molecule has 104 valence electrons. The number of benzene rings is 1. The maximum atomic E-state index is 11.3. The molecule has 0 saturated carbocycles. The highest BCUT2D eigenvalue weighted by molar-refractivity contribution is 9.10. The van der Waals surface area contributed by atoms with Crippen LogP contribution in [0.2, 0.25) is 0 Å². The molecule has 7 heteroatoms. The van der Waals surface area contributed by atoms with Gasteiger partial charge in [-0.1, -0.05) is 0 Å². The Bertz CT molecular complexity index is 491. The maximum absolute atomic E-state index is 11.3. The number of halogens is 1. The minimum absolute atomic E-state index is 0.0234. The van der Waals surface area contributed by atoms with Crippen LogP contribution in [0.15, 0.2) is 16.6 Å². The number of nitrogens with zero attached hydrogens (tertiary/aromatic N) is 1. The first-order chi connectivity index (χ1) is 8.95. The van der Waals surface area contributed by atoms with E-state index < -0.39 is 4.92 Å². The summed E-state index contributed by atoms with van der Waals surface area (Å²) in [5.74, 6) is -0.0234. The second-order valence-corrected chi connectivity index (χ2v) is 4.86. The molecule has 0 aromatic heterocycles. The molecular weight excluding hydrogens is 314 g/mol. The first-order valence-corrected chi connectivity index (χ1v) is 6.70. The number of carbonyl (C=O) groups excluding carboxylic acids is 1. The number of carbonyl (C=O) groups is 1. The lowest BCUT2D eigenvalue weighted by Crippen LogP contribution is -2.24. The number of hydrogen-bond donors (Lipinski definition) is 2. The highest BCUT2D eigenvalue weighted by atomic mass is 79.9. The molecule has 0 radical (unpaired) electrons. The molecule has 1 amide bonds. The summed E-state index contributed by atoms with van der Waals surface area (Å²) in [5, 5.41) is 16.6. The van der Waals surface area contributed by atoms with E-state index in [2.05, 4.69) is 26.6 Å². The number of amides is 1. The smallest absolute Gasteiger partial charge is 0.273 e. The molecule has 0 aliphatic rings. The molecule has 0 heterocycles. The van der Waals surface area contributed by atoms with Gasteiger partial charge in [0.05, 0.1) is 4.92 Å². The van der Waals surface area contributed by atoms with Crippen molar-refractivity contribution in [1.82, 2.24) is 5.32 Å². The molecule has 0 bridgehead atoms. The first kappa shape index (κ1) is 15.4. The number of nitrogens with one attached hydrogen (secondary N) is 2. The fraction of sp³-hybridized carbons (Fsp3) is 0.417. The molecule has 2 N–H and O–H groups in total. The van der Waals surface area contributed by atoms with Gasteiger partial charge in [-0.05, 0) is 35.8 Å². The predicted molar refractivity (Wildman–Crippen MR) is 77.3 cm³/mol. The Labute approximate surface area is 119 Å². The van der Waals surface area contributed by atoms with Gasteiger partial charge in [0.1, 0.15) is 0 Å². The number of hydrogen-bond acceptors (Lipinski definition) is 4. The van der Waals surface area contributed by atoms with E-state index in [0.29, 0.717) is 29.5 Å². The fourth-order valence-electron chi connectivity index (χ4n) is 1.60. The van der Waals surface area contributed by atoms with Gasteiger partial charge in [-0.2, -0.15) is 0 Å². The van der Waals surface area contributed by atoms with E-state index in [1.165, 1.54) is 6.07 Å². The van der Waals surface area contributed by atoms with Crippen molar-refractivity contribution >= 4 is 33.2 Å².